The number of aryl methyl sites for hydroxylation is 1. The summed E-state index contributed by atoms with van der Waals surface area (Å²) in [7, 11) is -3.38. The number of aromatic nitrogens is 1. The fraction of sp³-hybridized carbons (Fsp3) is 0.250. The monoisotopic (exact) mass is 542 g/mol. The number of anilines is 2. The molecule has 198 valence electrons. The van der Waals surface area contributed by atoms with Gasteiger partial charge in [0.1, 0.15) is 10.6 Å². The Kier molecular flexibility index (Phi) is 7.89. The van der Waals surface area contributed by atoms with Crippen LogP contribution in [0.4, 0.5) is 33.5 Å². The molecule has 3 N–H and O–H groups in total. The van der Waals surface area contributed by atoms with Crippen molar-refractivity contribution in [3.63, 3.8) is 0 Å². The Morgan fingerprint density at radius 1 is 0.973 bits per heavy atom. The van der Waals surface area contributed by atoms with Crippen LogP contribution in [-0.4, -0.2) is 38.5 Å². The zero-order valence-electron chi connectivity index (χ0n) is 19.8. The van der Waals surface area contributed by atoms with E-state index in [2.05, 4.69) is 10.3 Å². The Morgan fingerprint density at radius 2 is 1.59 bits per heavy atom. The van der Waals surface area contributed by atoms with Gasteiger partial charge in [-0.15, -0.1) is 0 Å². The quantitative estimate of drug-likeness (QED) is 0.337. The molecule has 0 saturated heterocycles. The van der Waals surface area contributed by atoms with E-state index in [0.717, 1.165) is 36.0 Å². The summed E-state index contributed by atoms with van der Waals surface area (Å²) in [4.78, 5) is 15.0. The molecule has 0 aliphatic rings. The van der Waals surface area contributed by atoms with E-state index in [-0.39, 0.29) is 0 Å². The molecule has 0 aliphatic heterocycles. The molecule has 1 heterocycles. The molecule has 7 nitrogen and oxygen atoms in total. The second-order valence-electron chi connectivity index (χ2n) is 8.07. The fourth-order valence-electron chi connectivity index (χ4n) is 3.47. The van der Waals surface area contributed by atoms with Gasteiger partial charge in [0.25, 0.3) is 0 Å². The molecule has 0 radical (unpaired) electrons. The number of halogens is 5. The summed E-state index contributed by atoms with van der Waals surface area (Å²) < 4.78 is 92.3. The second kappa shape index (κ2) is 10.4. The van der Waals surface area contributed by atoms with Gasteiger partial charge in [-0.2, -0.15) is 22.0 Å². The van der Waals surface area contributed by atoms with Gasteiger partial charge >= 0.3 is 18.0 Å². The Bertz CT molecular complexity index is 1390. The van der Waals surface area contributed by atoms with Crippen molar-refractivity contribution in [2.75, 3.05) is 17.7 Å². The number of rotatable bonds is 8. The molecule has 13 heteroatoms. The predicted octanol–water partition coefficient (Wildman–Crippen LogP) is 5.27. The lowest BCUT2D eigenvalue weighted by Crippen LogP contribution is -2.47. The van der Waals surface area contributed by atoms with E-state index in [4.69, 9.17) is 0 Å². The fourth-order valence-corrected chi connectivity index (χ4v) is 4.34. The van der Waals surface area contributed by atoms with E-state index >= 15 is 0 Å². The first-order valence-electron chi connectivity index (χ1n) is 10.8. The molecular formula is C24H23F5N4O3S. The van der Waals surface area contributed by atoms with Crippen LogP contribution in [0.5, 0.6) is 0 Å². The van der Waals surface area contributed by atoms with E-state index in [1.54, 1.807) is 19.1 Å². The summed E-state index contributed by atoms with van der Waals surface area (Å²) in [5.74, 6) is -8.95. The summed E-state index contributed by atoms with van der Waals surface area (Å²) in [5.41, 5.74) is 2.81. The summed E-state index contributed by atoms with van der Waals surface area (Å²) >= 11 is 0. The molecule has 0 aliphatic carbocycles. The third kappa shape index (κ3) is 5.88. The number of nitrogens with zero attached hydrogens (tertiary/aromatic N) is 1. The average Bonchev–Trinajstić information content (AvgIpc) is 2.84. The highest BCUT2D eigenvalue weighted by Crippen LogP contribution is 2.38. The summed E-state index contributed by atoms with van der Waals surface area (Å²) in [6.07, 6.45) is -5.18. The van der Waals surface area contributed by atoms with Gasteiger partial charge in [-0.05, 0) is 49.2 Å². The number of amides is 1. The molecule has 1 atom stereocenters. The number of alkyl halides is 5. The van der Waals surface area contributed by atoms with Gasteiger partial charge in [-0.1, -0.05) is 48.5 Å². The van der Waals surface area contributed by atoms with Crippen molar-refractivity contribution in [1.82, 2.24) is 9.71 Å². The Morgan fingerprint density at radius 3 is 2.16 bits per heavy atom. The van der Waals surface area contributed by atoms with Crippen LogP contribution in [0, 0.1) is 6.92 Å². The first kappa shape index (κ1) is 28.0. The van der Waals surface area contributed by atoms with Gasteiger partial charge in [0, 0.05) is 6.20 Å². The van der Waals surface area contributed by atoms with Crippen LogP contribution in [0.3, 0.4) is 0 Å². The maximum absolute atomic E-state index is 13.6. The van der Waals surface area contributed by atoms with E-state index in [1.807, 2.05) is 48.0 Å². The molecule has 37 heavy (non-hydrogen) atoms. The maximum Gasteiger partial charge on any atom is 0.463 e. The standard InChI is InChI=1S/C24H23F5N4O3S/c1-14-6-4-5-7-18(14)17-10-8-16(9-11-17)15(2)32-21-20(19(12-13-31-21)37(35,36)30-3)33-22(34)23(25,26)24(27,28)29/h4-13,15,30H,1-3H3,(H,31,32)(H,33,34). The van der Waals surface area contributed by atoms with Gasteiger partial charge in [0.05, 0.1) is 6.04 Å². The average molecular weight is 543 g/mol. The molecule has 0 bridgehead atoms. The summed E-state index contributed by atoms with van der Waals surface area (Å²) in [5, 5.41) is 4.19. The van der Waals surface area contributed by atoms with Gasteiger partial charge in [-0.25, -0.2) is 18.1 Å². The molecule has 3 aromatic rings. The molecule has 2 aromatic carbocycles. The molecule has 0 spiro atoms. The maximum atomic E-state index is 13.6. The number of nitrogens with one attached hydrogen (secondary N) is 3. The number of benzene rings is 2. The van der Waals surface area contributed by atoms with Crippen LogP contribution in [-0.2, 0) is 14.8 Å². The number of sulfonamides is 1. The largest absolute Gasteiger partial charge is 0.463 e. The highest BCUT2D eigenvalue weighted by molar-refractivity contribution is 7.89. The van der Waals surface area contributed by atoms with Crippen LogP contribution < -0.4 is 15.4 Å². The first-order chi connectivity index (χ1) is 17.2. The number of pyridine rings is 1. The van der Waals surface area contributed by atoms with E-state index in [9.17, 15) is 35.2 Å². The highest BCUT2D eigenvalue weighted by Gasteiger charge is 2.63. The van der Waals surface area contributed by atoms with Crippen LogP contribution in [0.2, 0.25) is 0 Å². The topological polar surface area (TPSA) is 100 Å². The third-order valence-corrected chi connectivity index (χ3v) is 7.03. The molecule has 1 aromatic heterocycles. The van der Waals surface area contributed by atoms with Crippen molar-refractivity contribution in [3.05, 3.63) is 71.9 Å². The lowest BCUT2D eigenvalue weighted by Gasteiger charge is -2.23. The first-order valence-corrected chi connectivity index (χ1v) is 12.3. The van der Waals surface area contributed by atoms with Crippen molar-refractivity contribution in [1.29, 1.82) is 0 Å². The molecule has 1 amide bonds. The van der Waals surface area contributed by atoms with Gasteiger partial charge < -0.3 is 10.6 Å². The van der Waals surface area contributed by atoms with Crippen LogP contribution >= 0.6 is 0 Å². The van der Waals surface area contributed by atoms with Crippen LogP contribution in [0.25, 0.3) is 11.1 Å². The van der Waals surface area contributed by atoms with Crippen molar-refractivity contribution in [3.8, 4) is 11.1 Å². The van der Waals surface area contributed by atoms with Crippen LogP contribution in [0.15, 0.2) is 65.7 Å². The number of carbonyl (C=O) groups is 1. The lowest BCUT2D eigenvalue weighted by molar-refractivity contribution is -0.267. The van der Waals surface area contributed by atoms with Crippen molar-refractivity contribution in [2.24, 2.45) is 0 Å². The zero-order valence-corrected chi connectivity index (χ0v) is 20.6. The number of hydrogen-bond acceptors (Lipinski definition) is 5. The lowest BCUT2D eigenvalue weighted by atomic mass is 9.98. The Labute approximate surface area is 210 Å². The second-order valence-corrected chi connectivity index (χ2v) is 9.92. The van der Waals surface area contributed by atoms with E-state index in [0.29, 0.717) is 5.56 Å². The molecule has 1 unspecified atom stereocenters. The molecular weight excluding hydrogens is 519 g/mol. The molecule has 0 saturated carbocycles. The summed E-state index contributed by atoms with van der Waals surface area (Å²) in [6.45, 7) is 3.60. The van der Waals surface area contributed by atoms with Crippen molar-refractivity contribution < 1.29 is 35.2 Å². The minimum atomic E-state index is -6.19. The zero-order chi connectivity index (χ0) is 27.6. The number of carbonyl (C=O) groups excluding carboxylic acids is 1. The predicted molar refractivity (Wildman–Crippen MR) is 129 cm³/mol. The number of hydrogen-bond donors (Lipinski definition) is 3. The van der Waals surface area contributed by atoms with Crippen molar-refractivity contribution >= 4 is 27.4 Å². The van der Waals surface area contributed by atoms with E-state index in [1.165, 1.54) is 5.32 Å². The van der Waals surface area contributed by atoms with Gasteiger partial charge in [0.2, 0.25) is 10.0 Å². The van der Waals surface area contributed by atoms with Crippen molar-refractivity contribution in [2.45, 2.75) is 36.9 Å². The van der Waals surface area contributed by atoms with E-state index < -0.39 is 50.5 Å². The normalized spacial score (nSPS) is 13.2. The van der Waals surface area contributed by atoms with Crippen LogP contribution in [0.1, 0.15) is 24.1 Å². The minimum absolute atomic E-state index is 0.418. The van der Waals surface area contributed by atoms with Gasteiger partial charge in [0.15, 0.2) is 5.82 Å². The molecule has 0 fully saturated rings. The summed E-state index contributed by atoms with van der Waals surface area (Å²) in [6, 6.07) is 15.2. The highest BCUT2D eigenvalue weighted by atomic mass is 32.2. The Hall–Kier alpha value is -3.58. The SMILES string of the molecule is CNS(=O)(=O)c1ccnc(NC(C)c2ccc(-c3ccccc3C)cc2)c1NC(=O)C(F)(F)C(F)(F)F. The Balaban J connectivity index is 1.97. The smallest absolute Gasteiger partial charge is 0.362 e. The molecule has 3 rings (SSSR count). The minimum Gasteiger partial charge on any atom is -0.362 e. The third-order valence-electron chi connectivity index (χ3n) is 5.57. The van der Waals surface area contributed by atoms with Gasteiger partial charge in [-0.3, -0.25) is 4.79 Å².